The molecule has 3 aromatic carbocycles. The summed E-state index contributed by atoms with van der Waals surface area (Å²) in [6.07, 6.45) is 4.88. The summed E-state index contributed by atoms with van der Waals surface area (Å²) in [5, 5.41) is 1.26. The topological polar surface area (TPSA) is 21.6 Å². The Kier molecular flexibility index (Phi) is 5.28. The van der Waals surface area contributed by atoms with Crippen LogP contribution in [-0.2, 0) is 6.42 Å². The van der Waals surface area contributed by atoms with Gasteiger partial charge in [-0.25, -0.2) is 0 Å². The van der Waals surface area contributed by atoms with Gasteiger partial charge in [0.2, 0.25) is 0 Å². The minimum absolute atomic E-state index is 0.627. The van der Waals surface area contributed by atoms with E-state index in [1.54, 1.807) is 6.07 Å². The number of rotatable bonds is 4. The van der Waals surface area contributed by atoms with E-state index in [-0.39, 0.29) is 0 Å². The minimum atomic E-state index is 0.627. The number of halogens is 2. The van der Waals surface area contributed by atoms with Gasteiger partial charge in [-0.05, 0) is 66.1 Å². The maximum absolute atomic E-state index is 6.25. The second-order valence-corrected chi connectivity index (χ2v) is 7.09. The van der Waals surface area contributed by atoms with Crippen LogP contribution in [0.5, 0.6) is 11.5 Å². The van der Waals surface area contributed by atoms with Crippen LogP contribution in [0.1, 0.15) is 16.7 Å². The first kappa shape index (κ1) is 17.8. The minimum Gasteiger partial charge on any atom is -0.457 e. The summed E-state index contributed by atoms with van der Waals surface area (Å²) in [7, 11) is 0. The lowest BCUT2D eigenvalue weighted by Crippen LogP contribution is -2.10. The number of benzene rings is 3. The molecule has 0 saturated heterocycles. The normalized spacial score (nSPS) is 13.3. The maximum atomic E-state index is 6.25. The van der Waals surface area contributed by atoms with Crippen molar-refractivity contribution in [1.29, 1.82) is 0 Å². The van der Waals surface area contributed by atoms with Crippen LogP contribution in [0, 0.1) is 0 Å². The van der Waals surface area contributed by atoms with E-state index in [1.165, 1.54) is 5.56 Å². The van der Waals surface area contributed by atoms with Crippen molar-refractivity contribution < 1.29 is 4.74 Å². The van der Waals surface area contributed by atoms with Gasteiger partial charge in [-0.1, -0.05) is 53.5 Å². The van der Waals surface area contributed by atoms with E-state index in [0.717, 1.165) is 41.3 Å². The maximum Gasteiger partial charge on any atom is 0.127 e. The molecule has 3 aromatic rings. The predicted octanol–water partition coefficient (Wildman–Crippen LogP) is 6.84. The van der Waals surface area contributed by atoms with Gasteiger partial charge in [-0.2, -0.15) is 0 Å². The molecule has 4 rings (SSSR count). The third-order valence-corrected chi connectivity index (χ3v) is 4.94. The van der Waals surface area contributed by atoms with Crippen molar-refractivity contribution >= 4 is 35.0 Å². The van der Waals surface area contributed by atoms with E-state index < -0.39 is 0 Å². The van der Waals surface area contributed by atoms with E-state index in [4.69, 9.17) is 27.9 Å². The largest absolute Gasteiger partial charge is 0.457 e. The summed E-state index contributed by atoms with van der Waals surface area (Å²) >= 11 is 12.2. The van der Waals surface area contributed by atoms with Gasteiger partial charge in [0.25, 0.3) is 0 Å². The number of ether oxygens (including phenoxy) is 1. The molecule has 1 aliphatic heterocycles. The van der Waals surface area contributed by atoms with Gasteiger partial charge in [-0.15, -0.1) is 0 Å². The number of hydrogen-bond donors (Lipinski definition) is 0. The lowest BCUT2D eigenvalue weighted by Gasteiger charge is -2.16. The van der Waals surface area contributed by atoms with Gasteiger partial charge in [0.05, 0.1) is 5.71 Å². The average molecular weight is 394 g/mol. The number of allylic oxidation sites excluding steroid dienone is 1. The zero-order chi connectivity index (χ0) is 18.6. The highest BCUT2D eigenvalue weighted by molar-refractivity contribution is 6.35. The third-order valence-electron chi connectivity index (χ3n) is 4.38. The fourth-order valence-electron chi connectivity index (χ4n) is 3.04. The molecule has 134 valence electrons. The fourth-order valence-corrected chi connectivity index (χ4v) is 3.52. The average Bonchev–Trinajstić information content (AvgIpc) is 2.68. The van der Waals surface area contributed by atoms with E-state index in [9.17, 15) is 0 Å². The summed E-state index contributed by atoms with van der Waals surface area (Å²) < 4.78 is 5.95. The number of para-hydroxylation sites is 1. The molecule has 4 heteroatoms. The first-order valence-electron chi connectivity index (χ1n) is 8.73. The summed E-state index contributed by atoms with van der Waals surface area (Å²) in [6, 6.07) is 21.4. The molecule has 0 spiro atoms. The highest BCUT2D eigenvalue weighted by atomic mass is 35.5. The Morgan fingerprint density at radius 3 is 2.52 bits per heavy atom. The SMILES string of the molecule is Clc1ccc(/C=C/C2=NCCc3cc(Oc4ccccc4)ccc32)c(Cl)c1. The van der Waals surface area contributed by atoms with Gasteiger partial charge in [-0.3, -0.25) is 4.99 Å². The molecule has 0 aromatic heterocycles. The molecule has 0 unspecified atom stereocenters. The van der Waals surface area contributed by atoms with Gasteiger partial charge >= 0.3 is 0 Å². The molecule has 0 radical (unpaired) electrons. The fraction of sp³-hybridized carbons (Fsp3) is 0.0870. The Hall–Kier alpha value is -2.55. The molecule has 27 heavy (non-hydrogen) atoms. The Morgan fingerprint density at radius 2 is 1.70 bits per heavy atom. The Morgan fingerprint density at radius 1 is 0.852 bits per heavy atom. The smallest absolute Gasteiger partial charge is 0.127 e. The predicted molar refractivity (Wildman–Crippen MR) is 114 cm³/mol. The number of nitrogens with zero attached hydrogens (tertiary/aromatic N) is 1. The van der Waals surface area contributed by atoms with Crippen LogP contribution in [0.25, 0.3) is 6.08 Å². The van der Waals surface area contributed by atoms with Crippen molar-refractivity contribution in [2.45, 2.75) is 6.42 Å². The summed E-state index contributed by atoms with van der Waals surface area (Å²) in [5.41, 5.74) is 4.23. The number of hydrogen-bond acceptors (Lipinski definition) is 2. The lowest BCUT2D eigenvalue weighted by molar-refractivity contribution is 0.482. The molecule has 2 nitrogen and oxygen atoms in total. The van der Waals surface area contributed by atoms with Crippen LogP contribution < -0.4 is 4.74 Å². The standard InChI is InChI=1S/C23H17Cl2NO/c24-18-8-6-16(22(25)15-18)7-11-23-21-10-9-20(14-17(21)12-13-26-23)27-19-4-2-1-3-5-19/h1-11,14-15H,12-13H2/b11-7+. The molecule has 0 bridgehead atoms. The van der Waals surface area contributed by atoms with Crippen LogP contribution in [-0.4, -0.2) is 12.3 Å². The number of fused-ring (bicyclic) bond motifs is 1. The lowest BCUT2D eigenvalue weighted by atomic mass is 9.96. The third kappa shape index (κ3) is 4.24. The Labute approximate surface area is 168 Å². The second kappa shape index (κ2) is 7.99. The molecular formula is C23H17Cl2NO. The first-order valence-corrected chi connectivity index (χ1v) is 9.48. The Balaban J connectivity index is 1.57. The Bertz CT molecular complexity index is 1030. The van der Waals surface area contributed by atoms with Gasteiger partial charge in [0.1, 0.15) is 11.5 Å². The monoisotopic (exact) mass is 393 g/mol. The zero-order valence-electron chi connectivity index (χ0n) is 14.5. The highest BCUT2D eigenvalue weighted by Crippen LogP contribution is 2.27. The van der Waals surface area contributed by atoms with Crippen molar-refractivity contribution in [1.82, 2.24) is 0 Å². The molecule has 0 atom stereocenters. The molecule has 0 saturated carbocycles. The van der Waals surface area contributed by atoms with Crippen molar-refractivity contribution in [2.75, 3.05) is 6.54 Å². The second-order valence-electron chi connectivity index (χ2n) is 6.25. The van der Waals surface area contributed by atoms with Crippen molar-refractivity contribution in [3.05, 3.63) is 99.5 Å². The summed E-state index contributed by atoms with van der Waals surface area (Å²) in [4.78, 5) is 4.67. The van der Waals surface area contributed by atoms with E-state index in [1.807, 2.05) is 60.7 Å². The van der Waals surface area contributed by atoms with Crippen LogP contribution in [0.15, 0.2) is 77.8 Å². The van der Waals surface area contributed by atoms with E-state index >= 15 is 0 Å². The summed E-state index contributed by atoms with van der Waals surface area (Å²) in [5.74, 6) is 1.67. The van der Waals surface area contributed by atoms with Crippen molar-refractivity contribution in [3.63, 3.8) is 0 Å². The molecule has 0 fully saturated rings. The first-order chi connectivity index (χ1) is 13.2. The van der Waals surface area contributed by atoms with Crippen LogP contribution in [0.2, 0.25) is 10.0 Å². The quantitative estimate of drug-likeness (QED) is 0.475. The molecule has 1 aliphatic rings. The molecular weight excluding hydrogens is 377 g/mol. The van der Waals surface area contributed by atoms with Crippen molar-refractivity contribution in [2.24, 2.45) is 4.99 Å². The summed E-state index contributed by atoms with van der Waals surface area (Å²) in [6.45, 7) is 0.760. The number of aliphatic imine (C=N–C) groups is 1. The molecule has 1 heterocycles. The van der Waals surface area contributed by atoms with Gasteiger partial charge < -0.3 is 4.74 Å². The van der Waals surface area contributed by atoms with Crippen LogP contribution in [0.4, 0.5) is 0 Å². The molecule has 0 N–H and O–H groups in total. The molecule has 0 aliphatic carbocycles. The van der Waals surface area contributed by atoms with E-state index in [2.05, 4.69) is 17.1 Å². The van der Waals surface area contributed by atoms with Gasteiger partial charge in [0, 0.05) is 22.2 Å². The molecule has 0 amide bonds. The van der Waals surface area contributed by atoms with Crippen molar-refractivity contribution in [3.8, 4) is 11.5 Å². The van der Waals surface area contributed by atoms with E-state index in [0.29, 0.717) is 10.0 Å². The van der Waals surface area contributed by atoms with Gasteiger partial charge in [0.15, 0.2) is 0 Å². The van der Waals surface area contributed by atoms with Crippen LogP contribution in [0.3, 0.4) is 0 Å². The zero-order valence-corrected chi connectivity index (χ0v) is 16.0. The van der Waals surface area contributed by atoms with Crippen LogP contribution >= 0.6 is 23.2 Å². The highest BCUT2D eigenvalue weighted by Gasteiger charge is 2.13.